The van der Waals surface area contributed by atoms with Crippen LogP contribution in [0.4, 0.5) is 5.69 Å². The summed E-state index contributed by atoms with van der Waals surface area (Å²) in [4.78, 5) is 14.2. The number of piperidine rings is 1. The van der Waals surface area contributed by atoms with E-state index in [0.29, 0.717) is 18.7 Å². The van der Waals surface area contributed by atoms with Crippen LogP contribution in [0.1, 0.15) is 18.4 Å². The van der Waals surface area contributed by atoms with E-state index >= 15 is 0 Å². The summed E-state index contributed by atoms with van der Waals surface area (Å²) >= 11 is 0. The molecule has 0 aliphatic carbocycles. The second-order valence-corrected chi connectivity index (χ2v) is 7.09. The highest BCUT2D eigenvalue weighted by atomic mass is 16.5. The molecule has 1 atom stereocenters. The van der Waals surface area contributed by atoms with Crippen molar-refractivity contribution < 1.29 is 14.6 Å². The summed E-state index contributed by atoms with van der Waals surface area (Å²) < 4.78 is 7.40. The van der Waals surface area contributed by atoms with Gasteiger partial charge in [0.2, 0.25) is 5.91 Å². The molecule has 3 rings (SSSR count). The zero-order valence-corrected chi connectivity index (χ0v) is 15.3. The van der Waals surface area contributed by atoms with Gasteiger partial charge in [0, 0.05) is 19.8 Å². The molecule has 2 aromatic rings. The average Bonchev–Trinajstić information content (AvgIpc) is 2.99. The number of hydrogen-bond acceptors (Lipinski definition) is 5. The van der Waals surface area contributed by atoms with Gasteiger partial charge in [-0.2, -0.15) is 5.10 Å². The van der Waals surface area contributed by atoms with E-state index in [0.717, 1.165) is 18.7 Å². The van der Waals surface area contributed by atoms with Crippen LogP contribution in [0, 0.1) is 6.92 Å². The molecule has 0 spiro atoms. The van der Waals surface area contributed by atoms with E-state index in [1.54, 1.807) is 24.1 Å². The van der Waals surface area contributed by atoms with Gasteiger partial charge in [0.05, 0.1) is 18.4 Å². The van der Waals surface area contributed by atoms with Gasteiger partial charge in [-0.1, -0.05) is 17.7 Å². The monoisotopic (exact) mass is 358 g/mol. The Morgan fingerprint density at radius 3 is 2.85 bits per heavy atom. The molecule has 0 unspecified atom stereocenters. The lowest BCUT2D eigenvalue weighted by atomic mass is 9.93. The maximum atomic E-state index is 12.2. The Labute approximate surface area is 153 Å². The molecule has 1 aliphatic rings. The first kappa shape index (κ1) is 18.4. The third kappa shape index (κ3) is 5.06. The third-order valence-electron chi connectivity index (χ3n) is 4.52. The van der Waals surface area contributed by atoms with Crippen molar-refractivity contribution in [1.29, 1.82) is 0 Å². The zero-order valence-electron chi connectivity index (χ0n) is 15.3. The number of carbonyl (C=O) groups excluding carboxylic acids is 1. The number of anilines is 1. The summed E-state index contributed by atoms with van der Waals surface area (Å²) in [5.74, 6) is 0.636. The van der Waals surface area contributed by atoms with Gasteiger partial charge in [-0.3, -0.25) is 14.4 Å². The van der Waals surface area contributed by atoms with Crippen molar-refractivity contribution in [1.82, 2.24) is 14.7 Å². The predicted octanol–water partition coefficient (Wildman–Crippen LogP) is 1.57. The third-order valence-corrected chi connectivity index (χ3v) is 4.52. The molecule has 1 aromatic heterocycles. The van der Waals surface area contributed by atoms with E-state index < -0.39 is 5.60 Å². The molecule has 1 saturated heterocycles. The summed E-state index contributed by atoms with van der Waals surface area (Å²) in [6.07, 6.45) is 4.85. The first-order chi connectivity index (χ1) is 12.4. The number of nitrogens with zero attached hydrogens (tertiary/aromatic N) is 3. The minimum Gasteiger partial charge on any atom is -0.491 e. The molecule has 1 fully saturated rings. The zero-order chi connectivity index (χ0) is 18.6. The highest BCUT2D eigenvalue weighted by Gasteiger charge is 2.34. The smallest absolute Gasteiger partial charge is 0.238 e. The van der Waals surface area contributed by atoms with Crippen LogP contribution in [0.2, 0.25) is 0 Å². The van der Waals surface area contributed by atoms with E-state index in [1.807, 2.05) is 36.1 Å². The number of likely N-dealkylation sites (tertiary alicyclic amines) is 1. The van der Waals surface area contributed by atoms with Gasteiger partial charge in [-0.05, 0) is 38.4 Å². The molecule has 26 heavy (non-hydrogen) atoms. The van der Waals surface area contributed by atoms with Crippen molar-refractivity contribution in [2.45, 2.75) is 25.4 Å². The number of amides is 1. The topological polar surface area (TPSA) is 79.6 Å². The molecular weight excluding hydrogens is 332 g/mol. The number of β-amino-alcohol motifs (C(OH)–C–C–N with tert-alkyl or cyclic N) is 1. The number of benzene rings is 1. The highest BCUT2D eigenvalue weighted by molar-refractivity contribution is 5.91. The number of aryl methyl sites for hydroxylation is 2. The van der Waals surface area contributed by atoms with Gasteiger partial charge in [0.25, 0.3) is 0 Å². The Bertz CT molecular complexity index is 743. The maximum absolute atomic E-state index is 12.2. The lowest BCUT2D eigenvalue weighted by Crippen LogP contribution is -2.53. The summed E-state index contributed by atoms with van der Waals surface area (Å²) in [7, 11) is 1.80. The van der Waals surface area contributed by atoms with Crippen LogP contribution in [-0.4, -0.2) is 57.5 Å². The molecule has 0 radical (unpaired) electrons. The Balaban J connectivity index is 1.50. The second kappa shape index (κ2) is 7.88. The molecule has 7 heteroatoms. The molecule has 140 valence electrons. The number of aliphatic hydroxyl groups is 1. The van der Waals surface area contributed by atoms with Gasteiger partial charge < -0.3 is 15.2 Å². The van der Waals surface area contributed by atoms with E-state index in [-0.39, 0.29) is 19.1 Å². The molecule has 1 aromatic carbocycles. The lowest BCUT2D eigenvalue weighted by Gasteiger charge is -2.38. The van der Waals surface area contributed by atoms with Crippen LogP contribution in [0.15, 0.2) is 36.7 Å². The molecule has 0 saturated carbocycles. The van der Waals surface area contributed by atoms with Crippen molar-refractivity contribution in [2.24, 2.45) is 7.05 Å². The SMILES string of the molecule is Cc1ccc(OC[C@@]2(O)CCCN(CC(=O)Nc3cnn(C)c3)C2)cc1. The summed E-state index contributed by atoms with van der Waals surface area (Å²) in [6.45, 7) is 3.68. The van der Waals surface area contributed by atoms with Crippen molar-refractivity contribution in [3.05, 3.63) is 42.2 Å². The average molecular weight is 358 g/mol. The minimum atomic E-state index is -0.947. The Hall–Kier alpha value is -2.38. The van der Waals surface area contributed by atoms with Gasteiger partial charge >= 0.3 is 0 Å². The van der Waals surface area contributed by atoms with Crippen LogP contribution in [-0.2, 0) is 11.8 Å². The standard InChI is InChI=1S/C19H26N4O3/c1-15-4-6-17(7-5-15)26-14-19(25)8-3-9-23(13-19)12-18(24)21-16-10-20-22(2)11-16/h4-7,10-11,25H,3,8-9,12-14H2,1-2H3,(H,21,24)/t19-/m1/s1. The van der Waals surface area contributed by atoms with Crippen LogP contribution in [0.5, 0.6) is 5.75 Å². The largest absolute Gasteiger partial charge is 0.491 e. The first-order valence-electron chi connectivity index (χ1n) is 8.85. The summed E-state index contributed by atoms with van der Waals surface area (Å²) in [5.41, 5.74) is 0.893. The van der Waals surface area contributed by atoms with Crippen LogP contribution >= 0.6 is 0 Å². The number of rotatable bonds is 6. The molecule has 1 amide bonds. The lowest BCUT2D eigenvalue weighted by molar-refractivity contribution is -0.119. The van der Waals surface area contributed by atoms with Crippen molar-refractivity contribution in [2.75, 3.05) is 31.6 Å². The van der Waals surface area contributed by atoms with Gasteiger partial charge in [-0.15, -0.1) is 0 Å². The van der Waals surface area contributed by atoms with Gasteiger partial charge in [0.15, 0.2) is 0 Å². The van der Waals surface area contributed by atoms with E-state index in [2.05, 4.69) is 10.4 Å². The second-order valence-electron chi connectivity index (χ2n) is 7.09. The number of nitrogens with one attached hydrogen (secondary N) is 1. The fourth-order valence-electron chi connectivity index (χ4n) is 3.20. The minimum absolute atomic E-state index is 0.110. The normalized spacial score (nSPS) is 20.7. The number of aromatic nitrogens is 2. The quantitative estimate of drug-likeness (QED) is 0.819. The first-order valence-corrected chi connectivity index (χ1v) is 8.85. The Kier molecular flexibility index (Phi) is 5.58. The van der Waals surface area contributed by atoms with E-state index in [1.165, 1.54) is 5.56 Å². The fraction of sp³-hybridized carbons (Fsp3) is 0.474. The molecule has 0 bridgehead atoms. The fourth-order valence-corrected chi connectivity index (χ4v) is 3.20. The molecule has 7 nitrogen and oxygen atoms in total. The van der Waals surface area contributed by atoms with Crippen LogP contribution in [0.3, 0.4) is 0 Å². The molecule has 1 aliphatic heterocycles. The molecule has 2 N–H and O–H groups in total. The van der Waals surface area contributed by atoms with E-state index in [9.17, 15) is 9.90 Å². The van der Waals surface area contributed by atoms with Crippen molar-refractivity contribution in [3.8, 4) is 5.75 Å². The van der Waals surface area contributed by atoms with Gasteiger partial charge in [-0.25, -0.2) is 0 Å². The van der Waals surface area contributed by atoms with Crippen molar-refractivity contribution in [3.63, 3.8) is 0 Å². The summed E-state index contributed by atoms with van der Waals surface area (Å²) in [6, 6.07) is 7.77. The number of ether oxygens (including phenoxy) is 1. The van der Waals surface area contributed by atoms with Crippen LogP contribution < -0.4 is 10.1 Å². The molecule has 2 heterocycles. The Morgan fingerprint density at radius 2 is 2.15 bits per heavy atom. The number of carbonyl (C=O) groups is 1. The van der Waals surface area contributed by atoms with E-state index in [4.69, 9.17) is 4.74 Å². The van der Waals surface area contributed by atoms with Crippen molar-refractivity contribution >= 4 is 11.6 Å². The Morgan fingerprint density at radius 1 is 1.38 bits per heavy atom. The maximum Gasteiger partial charge on any atom is 0.238 e. The predicted molar refractivity (Wildman–Crippen MR) is 99.1 cm³/mol. The highest BCUT2D eigenvalue weighted by Crippen LogP contribution is 2.23. The number of hydrogen-bond donors (Lipinski definition) is 2. The van der Waals surface area contributed by atoms with Gasteiger partial charge in [0.1, 0.15) is 18.0 Å². The summed E-state index contributed by atoms with van der Waals surface area (Å²) in [5, 5.41) is 17.7. The molecular formula is C19H26N4O3. The van der Waals surface area contributed by atoms with Crippen LogP contribution in [0.25, 0.3) is 0 Å².